The van der Waals surface area contributed by atoms with Gasteiger partial charge in [0.2, 0.25) is 0 Å². The molecule has 0 radical (unpaired) electrons. The minimum atomic E-state index is -0.536. The quantitative estimate of drug-likeness (QED) is 0.799. The van der Waals surface area contributed by atoms with Gasteiger partial charge in [-0.25, -0.2) is 8.78 Å². The van der Waals surface area contributed by atoms with Crippen LogP contribution in [0.25, 0.3) is 0 Å². The van der Waals surface area contributed by atoms with Gasteiger partial charge in [0, 0.05) is 30.6 Å². The molecular weight excluding hydrogens is 268 g/mol. The highest BCUT2D eigenvalue weighted by Crippen LogP contribution is 2.36. The molecule has 4 heteroatoms. The summed E-state index contributed by atoms with van der Waals surface area (Å²) in [6.45, 7) is 1.22. The number of rotatable bonds is 5. The molecule has 1 nitrogen and oxygen atoms in total. The van der Waals surface area contributed by atoms with Crippen molar-refractivity contribution in [2.45, 2.75) is 38.6 Å². The lowest BCUT2D eigenvalue weighted by Gasteiger charge is -2.35. The summed E-state index contributed by atoms with van der Waals surface area (Å²) < 4.78 is 26.3. The molecule has 0 heterocycles. The van der Waals surface area contributed by atoms with Crippen molar-refractivity contribution < 1.29 is 8.78 Å². The molecular formula is C15H20ClF2N. The zero-order valence-electron chi connectivity index (χ0n) is 11.0. The lowest BCUT2D eigenvalue weighted by molar-refractivity contribution is 0.212. The van der Waals surface area contributed by atoms with E-state index in [0.29, 0.717) is 18.0 Å². The van der Waals surface area contributed by atoms with Gasteiger partial charge in [0.15, 0.2) is 0 Å². The van der Waals surface area contributed by atoms with E-state index in [1.54, 1.807) is 0 Å². The summed E-state index contributed by atoms with van der Waals surface area (Å²) in [6, 6.07) is 3.71. The van der Waals surface area contributed by atoms with Crippen LogP contribution in [-0.4, -0.2) is 12.4 Å². The summed E-state index contributed by atoms with van der Waals surface area (Å²) in [5.41, 5.74) is 0.651. The van der Waals surface area contributed by atoms with Gasteiger partial charge in [-0.2, -0.15) is 0 Å². The fourth-order valence-corrected chi connectivity index (χ4v) is 3.15. The third-order valence-corrected chi connectivity index (χ3v) is 4.60. The first-order valence-corrected chi connectivity index (χ1v) is 7.39. The van der Waals surface area contributed by atoms with E-state index in [4.69, 9.17) is 11.6 Å². The van der Waals surface area contributed by atoms with Crippen LogP contribution in [0.15, 0.2) is 18.2 Å². The van der Waals surface area contributed by atoms with Crippen LogP contribution in [-0.2, 0) is 6.54 Å². The van der Waals surface area contributed by atoms with Gasteiger partial charge in [-0.3, -0.25) is 0 Å². The molecule has 19 heavy (non-hydrogen) atoms. The van der Waals surface area contributed by atoms with Crippen molar-refractivity contribution >= 4 is 11.6 Å². The SMILES string of the molecule is Fc1ccc(CNCC2(CCl)CCCCC2)c(F)c1. The Morgan fingerprint density at radius 2 is 1.89 bits per heavy atom. The molecule has 0 aromatic heterocycles. The van der Waals surface area contributed by atoms with Crippen LogP contribution in [0.3, 0.4) is 0 Å². The Labute approximate surface area is 118 Å². The van der Waals surface area contributed by atoms with Crippen LogP contribution in [0, 0.1) is 17.0 Å². The van der Waals surface area contributed by atoms with Crippen molar-refractivity contribution in [2.75, 3.05) is 12.4 Å². The standard InChI is InChI=1S/C15H20ClF2N/c16-10-15(6-2-1-3-7-15)11-19-9-12-4-5-13(17)8-14(12)18/h4-5,8,19H,1-3,6-7,9-11H2. The number of hydrogen-bond donors (Lipinski definition) is 1. The molecule has 1 fully saturated rings. The van der Waals surface area contributed by atoms with Crippen LogP contribution < -0.4 is 5.32 Å². The lowest BCUT2D eigenvalue weighted by Crippen LogP contribution is -2.37. The van der Waals surface area contributed by atoms with Crippen LogP contribution in [0.1, 0.15) is 37.7 Å². The molecule has 0 unspecified atom stereocenters. The van der Waals surface area contributed by atoms with Crippen LogP contribution >= 0.6 is 11.6 Å². The van der Waals surface area contributed by atoms with Crippen LogP contribution in [0.4, 0.5) is 8.78 Å². The van der Waals surface area contributed by atoms with Gasteiger partial charge in [0.1, 0.15) is 11.6 Å². The first kappa shape index (κ1) is 14.7. The van der Waals surface area contributed by atoms with E-state index in [9.17, 15) is 8.78 Å². The number of halogens is 3. The molecule has 0 aliphatic heterocycles. The Bertz CT molecular complexity index is 417. The van der Waals surface area contributed by atoms with Crippen molar-refractivity contribution in [3.63, 3.8) is 0 Å². The average molecular weight is 288 g/mol. The zero-order chi connectivity index (χ0) is 13.7. The number of hydrogen-bond acceptors (Lipinski definition) is 1. The third kappa shape index (κ3) is 3.90. The molecule has 0 saturated heterocycles. The number of nitrogens with one attached hydrogen (secondary N) is 1. The Balaban J connectivity index is 1.88. The van der Waals surface area contributed by atoms with E-state index in [-0.39, 0.29) is 5.41 Å². The Morgan fingerprint density at radius 3 is 2.53 bits per heavy atom. The van der Waals surface area contributed by atoms with Crippen LogP contribution in [0.2, 0.25) is 0 Å². The largest absolute Gasteiger partial charge is 0.312 e. The molecule has 0 bridgehead atoms. The maximum Gasteiger partial charge on any atom is 0.130 e. The maximum atomic E-state index is 13.5. The van der Waals surface area contributed by atoms with Crippen molar-refractivity contribution in [1.82, 2.24) is 5.32 Å². The fourth-order valence-electron chi connectivity index (χ4n) is 2.79. The maximum absolute atomic E-state index is 13.5. The van der Waals surface area contributed by atoms with E-state index >= 15 is 0 Å². The lowest BCUT2D eigenvalue weighted by atomic mass is 9.75. The summed E-state index contributed by atoms with van der Waals surface area (Å²) in [5, 5.41) is 3.28. The van der Waals surface area contributed by atoms with Crippen molar-refractivity contribution in [3.8, 4) is 0 Å². The first-order chi connectivity index (χ1) is 9.15. The van der Waals surface area contributed by atoms with Crippen molar-refractivity contribution in [1.29, 1.82) is 0 Å². The molecule has 1 aromatic rings. The summed E-state index contributed by atoms with van der Waals surface area (Å²) >= 11 is 6.11. The Kier molecular flexibility index (Phi) is 5.17. The van der Waals surface area contributed by atoms with Gasteiger partial charge in [0.25, 0.3) is 0 Å². The second-order valence-electron chi connectivity index (χ2n) is 5.53. The highest BCUT2D eigenvalue weighted by atomic mass is 35.5. The molecule has 2 rings (SSSR count). The van der Waals surface area contributed by atoms with E-state index < -0.39 is 11.6 Å². The fraction of sp³-hybridized carbons (Fsp3) is 0.600. The molecule has 1 aromatic carbocycles. The number of benzene rings is 1. The summed E-state index contributed by atoms with van der Waals surface area (Å²) in [5.74, 6) is -0.381. The molecule has 1 N–H and O–H groups in total. The van der Waals surface area contributed by atoms with Crippen LogP contribution in [0.5, 0.6) is 0 Å². The van der Waals surface area contributed by atoms with Gasteiger partial charge in [-0.05, 0) is 24.3 Å². The molecule has 1 saturated carbocycles. The Morgan fingerprint density at radius 1 is 1.16 bits per heavy atom. The average Bonchev–Trinajstić information content (AvgIpc) is 2.42. The summed E-state index contributed by atoms with van der Waals surface area (Å²) in [4.78, 5) is 0. The normalized spacial score (nSPS) is 18.5. The molecule has 0 atom stereocenters. The summed E-state index contributed by atoms with van der Waals surface area (Å²) in [7, 11) is 0. The molecule has 1 aliphatic rings. The van der Waals surface area contributed by atoms with Gasteiger partial charge >= 0.3 is 0 Å². The second-order valence-corrected chi connectivity index (χ2v) is 5.80. The summed E-state index contributed by atoms with van der Waals surface area (Å²) in [6.07, 6.45) is 5.99. The second kappa shape index (κ2) is 6.67. The molecule has 0 amide bonds. The molecule has 0 spiro atoms. The van der Waals surface area contributed by atoms with E-state index in [0.717, 1.165) is 25.5 Å². The minimum absolute atomic E-state index is 0.149. The molecule has 1 aliphatic carbocycles. The van der Waals surface area contributed by atoms with Gasteiger partial charge in [0.05, 0.1) is 0 Å². The van der Waals surface area contributed by atoms with Crippen molar-refractivity contribution in [2.24, 2.45) is 5.41 Å². The smallest absolute Gasteiger partial charge is 0.130 e. The monoisotopic (exact) mass is 287 g/mol. The predicted octanol–water partition coefficient (Wildman–Crippen LogP) is 4.24. The van der Waals surface area contributed by atoms with Crippen molar-refractivity contribution in [3.05, 3.63) is 35.4 Å². The van der Waals surface area contributed by atoms with Gasteiger partial charge in [-0.1, -0.05) is 25.3 Å². The highest BCUT2D eigenvalue weighted by Gasteiger charge is 2.30. The van der Waals surface area contributed by atoms with E-state index in [2.05, 4.69) is 5.32 Å². The number of alkyl halides is 1. The predicted molar refractivity (Wildman–Crippen MR) is 74.3 cm³/mol. The molecule has 106 valence electrons. The van der Waals surface area contributed by atoms with Gasteiger partial charge < -0.3 is 5.32 Å². The zero-order valence-corrected chi connectivity index (χ0v) is 11.8. The van der Waals surface area contributed by atoms with E-state index in [1.807, 2.05) is 0 Å². The first-order valence-electron chi connectivity index (χ1n) is 6.86. The Hall–Kier alpha value is -0.670. The minimum Gasteiger partial charge on any atom is -0.312 e. The van der Waals surface area contributed by atoms with Gasteiger partial charge in [-0.15, -0.1) is 11.6 Å². The third-order valence-electron chi connectivity index (χ3n) is 4.03. The highest BCUT2D eigenvalue weighted by molar-refractivity contribution is 6.18. The van der Waals surface area contributed by atoms with E-state index in [1.165, 1.54) is 31.4 Å². The topological polar surface area (TPSA) is 12.0 Å².